The minimum atomic E-state index is -0.114. The zero-order valence-electron chi connectivity index (χ0n) is 14.5. The monoisotopic (exact) mass is 348 g/mol. The molecule has 0 N–H and O–H groups in total. The molecule has 0 spiro atoms. The third-order valence-corrected chi connectivity index (χ3v) is 5.02. The Balaban J connectivity index is 1.37. The van der Waals surface area contributed by atoms with E-state index in [-0.39, 0.29) is 11.8 Å². The number of aromatic nitrogens is 1. The molecule has 26 heavy (non-hydrogen) atoms. The van der Waals surface area contributed by atoms with Crippen molar-refractivity contribution in [3.8, 4) is 11.8 Å². The van der Waals surface area contributed by atoms with Crippen LogP contribution in [0.15, 0.2) is 42.6 Å². The zero-order chi connectivity index (χ0) is 17.9. The Hall–Kier alpha value is -3.07. The first-order valence-corrected chi connectivity index (χ1v) is 8.85. The Bertz CT molecular complexity index is 853. The summed E-state index contributed by atoms with van der Waals surface area (Å²) in [5.41, 5.74) is 1.71. The van der Waals surface area contributed by atoms with Crippen LogP contribution in [0.25, 0.3) is 0 Å². The summed E-state index contributed by atoms with van der Waals surface area (Å²) in [6.45, 7) is 3.21. The van der Waals surface area contributed by atoms with Crippen LogP contribution in [-0.4, -0.2) is 48.6 Å². The van der Waals surface area contributed by atoms with E-state index in [0.717, 1.165) is 36.6 Å². The number of benzene rings is 1. The van der Waals surface area contributed by atoms with E-state index in [1.807, 2.05) is 29.2 Å². The molecule has 6 heteroatoms. The van der Waals surface area contributed by atoms with Gasteiger partial charge in [-0.25, -0.2) is 4.98 Å². The van der Waals surface area contributed by atoms with Crippen LogP contribution in [0.3, 0.4) is 0 Å². The fourth-order valence-electron chi connectivity index (χ4n) is 3.56. The first-order valence-electron chi connectivity index (χ1n) is 8.85. The standard InChI is InChI=1S/C20H20N4O2/c21-13-15-5-6-22-19(11-15)23-7-9-24(10-8-23)20(25)17-12-16-3-1-2-4-18(16)26-14-17/h1-6,11,17H,7-10,12,14H2/t17-/m0/s1. The highest BCUT2D eigenvalue weighted by Gasteiger charge is 2.31. The number of para-hydroxylation sites is 1. The van der Waals surface area contributed by atoms with Crippen molar-refractivity contribution in [1.82, 2.24) is 9.88 Å². The van der Waals surface area contributed by atoms with Crippen LogP contribution in [0.2, 0.25) is 0 Å². The van der Waals surface area contributed by atoms with Crippen molar-refractivity contribution in [2.75, 3.05) is 37.7 Å². The van der Waals surface area contributed by atoms with Crippen LogP contribution >= 0.6 is 0 Å². The highest BCUT2D eigenvalue weighted by molar-refractivity contribution is 5.80. The molecule has 1 aromatic heterocycles. The highest BCUT2D eigenvalue weighted by Crippen LogP contribution is 2.28. The van der Waals surface area contributed by atoms with Crippen LogP contribution in [0.4, 0.5) is 5.82 Å². The molecule has 1 amide bonds. The lowest BCUT2D eigenvalue weighted by molar-refractivity contribution is -0.137. The summed E-state index contributed by atoms with van der Waals surface area (Å²) in [5, 5.41) is 9.03. The summed E-state index contributed by atoms with van der Waals surface area (Å²) < 4.78 is 5.77. The molecule has 1 saturated heterocycles. The Morgan fingerprint density at radius 3 is 2.81 bits per heavy atom. The molecule has 4 rings (SSSR count). The van der Waals surface area contributed by atoms with E-state index in [2.05, 4.69) is 16.0 Å². The second-order valence-corrected chi connectivity index (χ2v) is 6.65. The number of nitrogens with zero attached hydrogens (tertiary/aromatic N) is 4. The maximum Gasteiger partial charge on any atom is 0.229 e. The van der Waals surface area contributed by atoms with Gasteiger partial charge in [-0.15, -0.1) is 0 Å². The average molecular weight is 348 g/mol. The quantitative estimate of drug-likeness (QED) is 0.828. The molecule has 2 aromatic rings. The minimum absolute atomic E-state index is 0.114. The lowest BCUT2D eigenvalue weighted by Gasteiger charge is -2.37. The molecular weight excluding hydrogens is 328 g/mol. The lowest BCUT2D eigenvalue weighted by atomic mass is 9.95. The van der Waals surface area contributed by atoms with E-state index in [9.17, 15) is 4.79 Å². The Morgan fingerprint density at radius 1 is 1.19 bits per heavy atom. The van der Waals surface area contributed by atoms with E-state index in [0.29, 0.717) is 25.3 Å². The van der Waals surface area contributed by atoms with Gasteiger partial charge in [-0.2, -0.15) is 5.26 Å². The summed E-state index contributed by atoms with van der Waals surface area (Å²) in [4.78, 5) is 21.3. The van der Waals surface area contributed by atoms with Crippen LogP contribution in [-0.2, 0) is 11.2 Å². The second-order valence-electron chi connectivity index (χ2n) is 6.65. The minimum Gasteiger partial charge on any atom is -0.492 e. The Morgan fingerprint density at radius 2 is 2.00 bits per heavy atom. The Labute approximate surface area is 152 Å². The van der Waals surface area contributed by atoms with Gasteiger partial charge in [-0.3, -0.25) is 4.79 Å². The van der Waals surface area contributed by atoms with Gasteiger partial charge in [0.1, 0.15) is 18.2 Å². The molecule has 1 fully saturated rings. The van der Waals surface area contributed by atoms with Gasteiger partial charge in [0, 0.05) is 32.4 Å². The third-order valence-electron chi connectivity index (χ3n) is 5.02. The van der Waals surface area contributed by atoms with Crippen molar-refractivity contribution in [3.63, 3.8) is 0 Å². The number of amides is 1. The molecule has 0 saturated carbocycles. The number of hydrogen-bond acceptors (Lipinski definition) is 5. The van der Waals surface area contributed by atoms with Crippen molar-refractivity contribution in [2.45, 2.75) is 6.42 Å². The zero-order valence-corrected chi connectivity index (χ0v) is 14.5. The summed E-state index contributed by atoms with van der Waals surface area (Å²) in [6, 6.07) is 13.6. The smallest absolute Gasteiger partial charge is 0.229 e. The summed E-state index contributed by atoms with van der Waals surface area (Å²) in [5.74, 6) is 1.74. The molecule has 0 bridgehead atoms. The predicted molar refractivity (Wildman–Crippen MR) is 96.9 cm³/mol. The van der Waals surface area contributed by atoms with E-state index in [1.165, 1.54) is 0 Å². The Kier molecular flexibility index (Phi) is 4.44. The molecule has 0 radical (unpaired) electrons. The van der Waals surface area contributed by atoms with Gasteiger partial charge in [-0.05, 0) is 30.2 Å². The number of anilines is 1. The summed E-state index contributed by atoms with van der Waals surface area (Å²) in [7, 11) is 0. The van der Waals surface area contributed by atoms with Gasteiger partial charge in [0.2, 0.25) is 5.91 Å². The van der Waals surface area contributed by atoms with Crippen LogP contribution in [0.5, 0.6) is 5.75 Å². The highest BCUT2D eigenvalue weighted by atomic mass is 16.5. The number of rotatable bonds is 2. The number of hydrogen-bond donors (Lipinski definition) is 0. The number of piperazine rings is 1. The van der Waals surface area contributed by atoms with Gasteiger partial charge in [-0.1, -0.05) is 18.2 Å². The summed E-state index contributed by atoms with van der Waals surface area (Å²) >= 11 is 0. The van der Waals surface area contributed by atoms with E-state index >= 15 is 0 Å². The molecular formula is C20H20N4O2. The maximum atomic E-state index is 12.9. The average Bonchev–Trinajstić information content (AvgIpc) is 2.73. The van der Waals surface area contributed by atoms with Gasteiger partial charge in [0.15, 0.2) is 0 Å². The SMILES string of the molecule is N#Cc1ccnc(N2CCN(C(=O)[C@@H]3COc4ccccc4C3)CC2)c1. The largest absolute Gasteiger partial charge is 0.492 e. The number of ether oxygens (including phenoxy) is 1. The van der Waals surface area contributed by atoms with Crippen molar-refractivity contribution >= 4 is 11.7 Å². The van der Waals surface area contributed by atoms with Crippen LogP contribution < -0.4 is 9.64 Å². The van der Waals surface area contributed by atoms with E-state index < -0.39 is 0 Å². The molecule has 0 aliphatic carbocycles. The number of nitriles is 1. The topological polar surface area (TPSA) is 69.5 Å². The van der Waals surface area contributed by atoms with Gasteiger partial charge in [0.25, 0.3) is 0 Å². The normalized spacial score (nSPS) is 19.3. The molecule has 2 aliphatic rings. The van der Waals surface area contributed by atoms with Crippen molar-refractivity contribution in [3.05, 3.63) is 53.7 Å². The number of carbonyl (C=O) groups excluding carboxylic acids is 1. The van der Waals surface area contributed by atoms with Gasteiger partial charge in [0.05, 0.1) is 17.6 Å². The van der Waals surface area contributed by atoms with Crippen LogP contribution in [0.1, 0.15) is 11.1 Å². The van der Waals surface area contributed by atoms with Crippen LogP contribution in [0, 0.1) is 17.2 Å². The first kappa shape index (κ1) is 16.4. The molecule has 2 aliphatic heterocycles. The molecule has 1 aromatic carbocycles. The number of fused-ring (bicyclic) bond motifs is 1. The maximum absolute atomic E-state index is 12.9. The molecule has 132 valence electrons. The second kappa shape index (κ2) is 7.04. The fraction of sp³-hybridized carbons (Fsp3) is 0.350. The third kappa shape index (κ3) is 3.21. The molecule has 1 atom stereocenters. The lowest BCUT2D eigenvalue weighted by Crippen LogP contribution is -2.51. The number of carbonyl (C=O) groups is 1. The molecule has 0 unspecified atom stereocenters. The van der Waals surface area contributed by atoms with Crippen molar-refractivity contribution in [2.24, 2.45) is 5.92 Å². The van der Waals surface area contributed by atoms with Crippen molar-refractivity contribution in [1.29, 1.82) is 5.26 Å². The van der Waals surface area contributed by atoms with E-state index in [1.54, 1.807) is 18.3 Å². The van der Waals surface area contributed by atoms with Gasteiger partial charge < -0.3 is 14.5 Å². The van der Waals surface area contributed by atoms with E-state index in [4.69, 9.17) is 10.00 Å². The number of pyridine rings is 1. The summed E-state index contributed by atoms with van der Waals surface area (Å²) in [6.07, 6.45) is 2.39. The molecule has 6 nitrogen and oxygen atoms in total. The predicted octanol–water partition coefficient (Wildman–Crippen LogP) is 1.85. The first-order chi connectivity index (χ1) is 12.7. The van der Waals surface area contributed by atoms with Gasteiger partial charge >= 0.3 is 0 Å². The molecule has 3 heterocycles. The van der Waals surface area contributed by atoms with Crippen molar-refractivity contribution < 1.29 is 9.53 Å². The fourth-order valence-corrected chi connectivity index (χ4v) is 3.56.